The molecule has 0 saturated carbocycles. The fraction of sp³-hybridized carbons (Fsp3) is 0.753. The van der Waals surface area contributed by atoms with Crippen LogP contribution in [-0.2, 0) is 55.8 Å². The number of allylic oxidation sites excluding steroid dienone is 18. The SMILES string of the molecule is CCCC/C=C\CCCCCCCC(=O)OC(COC(=O)CCCCCCC/C=C\C/C=C\C/C=C\C/C=C\CCCCC)COP(=O)(O)OCC(O)COP(=O)(O)OCC(O)COC(=O)CCCCCCCCCCCCCCCCCCCCC/C=C\C/C=C\C/C=C\C/C=C\CCCCC. The lowest BCUT2D eigenvalue weighted by Crippen LogP contribution is -2.30. The van der Waals surface area contributed by atoms with Gasteiger partial charge in [0.25, 0.3) is 0 Å². The predicted molar refractivity (Wildman–Crippen MR) is 427 cm³/mol. The average molecular weight is 1490 g/mol. The van der Waals surface area contributed by atoms with Crippen molar-refractivity contribution in [3.8, 4) is 0 Å². The van der Waals surface area contributed by atoms with Crippen molar-refractivity contribution in [1.82, 2.24) is 0 Å². The smallest absolute Gasteiger partial charge is 0.463 e. The van der Waals surface area contributed by atoms with Crippen LogP contribution in [0, 0.1) is 0 Å². The van der Waals surface area contributed by atoms with Gasteiger partial charge in [0.05, 0.1) is 26.4 Å². The first kappa shape index (κ1) is 99.2. The molecule has 0 radical (unpaired) electrons. The Bertz CT molecular complexity index is 2310. The van der Waals surface area contributed by atoms with Crippen molar-refractivity contribution in [1.29, 1.82) is 0 Å². The number of carbonyl (C=O) groups excluding carboxylic acids is 3. The number of esters is 3. The van der Waals surface area contributed by atoms with Gasteiger partial charge in [-0.2, -0.15) is 0 Å². The molecule has 16 nitrogen and oxygen atoms in total. The number of phosphoric acid groups is 2. The first-order valence-corrected chi connectivity index (χ1v) is 44.2. The number of rotatable bonds is 78. The highest BCUT2D eigenvalue weighted by Crippen LogP contribution is 2.45. The molecule has 0 heterocycles. The molecule has 0 aromatic rings. The number of phosphoric ester groups is 2. The molecule has 5 atom stereocenters. The van der Waals surface area contributed by atoms with Gasteiger partial charge in [0.1, 0.15) is 25.4 Å². The fourth-order valence-corrected chi connectivity index (χ4v) is 12.7. The highest BCUT2D eigenvalue weighted by Gasteiger charge is 2.29. The van der Waals surface area contributed by atoms with E-state index >= 15 is 0 Å². The van der Waals surface area contributed by atoms with E-state index in [2.05, 4.69) is 130 Å². The Morgan fingerprint density at radius 1 is 0.272 bits per heavy atom. The Morgan fingerprint density at radius 2 is 0.495 bits per heavy atom. The first-order chi connectivity index (χ1) is 50.2. The number of hydrogen-bond acceptors (Lipinski definition) is 14. The number of aliphatic hydroxyl groups is 2. The molecular weight excluding hydrogens is 1340 g/mol. The summed E-state index contributed by atoms with van der Waals surface area (Å²) in [5.41, 5.74) is 0. The molecular formula is C85H150O16P2. The third-order valence-corrected chi connectivity index (χ3v) is 19.3. The summed E-state index contributed by atoms with van der Waals surface area (Å²) in [6.45, 7) is 2.57. The Morgan fingerprint density at radius 3 is 0.806 bits per heavy atom. The Labute approximate surface area is 628 Å². The van der Waals surface area contributed by atoms with Crippen LogP contribution in [0.1, 0.15) is 355 Å². The molecule has 103 heavy (non-hydrogen) atoms. The van der Waals surface area contributed by atoms with E-state index in [9.17, 15) is 43.5 Å². The summed E-state index contributed by atoms with van der Waals surface area (Å²) in [7, 11) is -9.79. The number of ether oxygens (including phenoxy) is 3. The van der Waals surface area contributed by atoms with E-state index in [1.54, 1.807) is 0 Å². The van der Waals surface area contributed by atoms with Gasteiger partial charge in [-0.1, -0.05) is 316 Å². The number of unbranched alkanes of at least 4 members (excludes halogenated alkanes) is 37. The Hall–Kier alpha value is -3.79. The van der Waals surface area contributed by atoms with E-state index in [1.165, 1.54) is 167 Å². The number of aliphatic hydroxyl groups excluding tert-OH is 2. The van der Waals surface area contributed by atoms with Gasteiger partial charge in [-0.05, 0) is 128 Å². The summed E-state index contributed by atoms with van der Waals surface area (Å²) < 4.78 is 61.0. The van der Waals surface area contributed by atoms with Crippen molar-refractivity contribution in [2.75, 3.05) is 39.6 Å². The van der Waals surface area contributed by atoms with Crippen LogP contribution in [0.2, 0.25) is 0 Å². The normalized spacial score (nSPS) is 14.5. The summed E-state index contributed by atoms with van der Waals surface area (Å²) >= 11 is 0. The second-order valence-corrected chi connectivity index (χ2v) is 30.5. The zero-order chi connectivity index (χ0) is 75.2. The minimum atomic E-state index is -4.93. The van der Waals surface area contributed by atoms with Crippen molar-refractivity contribution in [2.24, 2.45) is 0 Å². The van der Waals surface area contributed by atoms with E-state index in [4.69, 9.17) is 32.3 Å². The van der Waals surface area contributed by atoms with E-state index in [-0.39, 0.29) is 19.3 Å². The number of carbonyl (C=O) groups is 3. The molecule has 0 aromatic heterocycles. The highest BCUT2D eigenvalue weighted by atomic mass is 31.2. The van der Waals surface area contributed by atoms with Crippen LogP contribution < -0.4 is 0 Å². The molecule has 0 bridgehead atoms. The lowest BCUT2D eigenvalue weighted by atomic mass is 10.0. The van der Waals surface area contributed by atoms with E-state index in [1.807, 2.05) is 0 Å². The van der Waals surface area contributed by atoms with Gasteiger partial charge in [-0.25, -0.2) is 9.13 Å². The second-order valence-electron chi connectivity index (χ2n) is 27.6. The molecule has 0 aliphatic rings. The summed E-state index contributed by atoms with van der Waals surface area (Å²) in [6, 6.07) is 0. The maximum absolute atomic E-state index is 12.9. The zero-order valence-corrected chi connectivity index (χ0v) is 67.0. The van der Waals surface area contributed by atoms with Crippen LogP contribution in [0.15, 0.2) is 109 Å². The van der Waals surface area contributed by atoms with Crippen LogP contribution in [0.3, 0.4) is 0 Å². The monoisotopic (exact) mass is 1490 g/mol. The second kappa shape index (κ2) is 77.8. The van der Waals surface area contributed by atoms with Gasteiger partial charge in [-0.15, -0.1) is 0 Å². The van der Waals surface area contributed by atoms with Crippen molar-refractivity contribution < 1.29 is 75.8 Å². The summed E-state index contributed by atoms with van der Waals surface area (Å²) in [6.07, 6.45) is 91.7. The molecule has 0 aromatic carbocycles. The predicted octanol–water partition coefficient (Wildman–Crippen LogP) is 24.3. The molecule has 4 N–H and O–H groups in total. The van der Waals surface area contributed by atoms with Crippen LogP contribution >= 0.6 is 15.6 Å². The topological polar surface area (TPSA) is 231 Å². The Kier molecular flexibility index (Phi) is 74.9. The lowest BCUT2D eigenvalue weighted by Gasteiger charge is -2.21. The van der Waals surface area contributed by atoms with Gasteiger partial charge in [0.15, 0.2) is 6.10 Å². The standard InChI is InChI=1S/C85H150O16P2/c1-4-7-10-13-16-19-22-24-26-28-30-32-33-34-35-36-37-38-39-40-41-42-43-44-45-47-49-50-52-54-57-59-62-65-68-71-83(88)95-74-80(86)75-97-102(91,92)98-76-81(87)77-99-103(93,94)100-79-82(101-85(90)73-70-67-64-61-56-21-18-15-12-9-6-3)78-96-84(89)72-69-66-63-60-58-55-53-51-48-46-31-29-27-25-23-20-17-14-11-8-5-2/h15-20,24-27,30-32,34-35,46,51,53,80-82,86-87H,4-14,21-23,28-29,33,36-45,47-50,52,54-79H2,1-3H3,(H,91,92)(H,93,94)/b18-15-,19-16-,20-17-,26-24-,27-25-,32-30-,35-34-,46-31-,53-51-. The first-order valence-electron chi connectivity index (χ1n) is 41.2. The average Bonchev–Trinajstić information content (AvgIpc) is 0.945. The van der Waals surface area contributed by atoms with E-state index in [0.29, 0.717) is 19.3 Å². The highest BCUT2D eigenvalue weighted by molar-refractivity contribution is 7.47. The molecule has 5 unspecified atom stereocenters. The van der Waals surface area contributed by atoms with Crippen LogP contribution in [-0.4, -0.2) is 95.9 Å². The third-order valence-electron chi connectivity index (χ3n) is 17.4. The molecule has 18 heteroatoms. The van der Waals surface area contributed by atoms with Crippen molar-refractivity contribution in [2.45, 2.75) is 373 Å². The van der Waals surface area contributed by atoms with Crippen molar-refractivity contribution >= 4 is 33.6 Å². The van der Waals surface area contributed by atoms with E-state index in [0.717, 1.165) is 128 Å². The summed E-state index contributed by atoms with van der Waals surface area (Å²) in [4.78, 5) is 58.5. The quantitative estimate of drug-likeness (QED) is 0.0146. The van der Waals surface area contributed by atoms with Gasteiger partial charge in [-0.3, -0.25) is 32.5 Å². The number of hydrogen-bond donors (Lipinski definition) is 4. The maximum Gasteiger partial charge on any atom is 0.472 e. The minimum absolute atomic E-state index is 0.0893. The van der Waals surface area contributed by atoms with Crippen LogP contribution in [0.5, 0.6) is 0 Å². The largest absolute Gasteiger partial charge is 0.472 e. The third kappa shape index (κ3) is 79.1. The van der Waals surface area contributed by atoms with E-state index < -0.39 is 91.5 Å². The molecule has 0 aliphatic heterocycles. The maximum atomic E-state index is 12.9. The van der Waals surface area contributed by atoms with Gasteiger partial charge >= 0.3 is 33.6 Å². The molecule has 0 spiro atoms. The molecule has 0 aliphatic carbocycles. The molecule has 0 rings (SSSR count). The van der Waals surface area contributed by atoms with Crippen molar-refractivity contribution in [3.63, 3.8) is 0 Å². The summed E-state index contributed by atoms with van der Waals surface area (Å²) in [5, 5.41) is 20.6. The lowest BCUT2D eigenvalue weighted by molar-refractivity contribution is -0.161. The van der Waals surface area contributed by atoms with Gasteiger partial charge in [0, 0.05) is 19.3 Å². The Balaban J connectivity index is 4.33. The summed E-state index contributed by atoms with van der Waals surface area (Å²) in [5.74, 6) is -1.60. The fourth-order valence-electron chi connectivity index (χ4n) is 11.1. The van der Waals surface area contributed by atoms with Crippen molar-refractivity contribution in [3.05, 3.63) is 109 Å². The van der Waals surface area contributed by atoms with Gasteiger partial charge in [0.2, 0.25) is 0 Å². The molecule has 0 fully saturated rings. The molecule has 0 amide bonds. The molecule has 596 valence electrons. The van der Waals surface area contributed by atoms with Crippen LogP contribution in [0.4, 0.5) is 0 Å². The zero-order valence-electron chi connectivity index (χ0n) is 65.2. The van der Waals surface area contributed by atoms with Crippen LogP contribution in [0.25, 0.3) is 0 Å². The minimum Gasteiger partial charge on any atom is -0.463 e. The van der Waals surface area contributed by atoms with Gasteiger partial charge < -0.3 is 34.2 Å². The molecule has 0 saturated heterocycles.